The third-order valence-electron chi connectivity index (χ3n) is 3.72. The maximum Gasteiger partial charge on any atom is 0.270 e. The third kappa shape index (κ3) is 3.46. The molecular weight excluding hydrogens is 260 g/mol. The molecule has 0 aliphatic heterocycles. The van der Waals surface area contributed by atoms with Gasteiger partial charge in [0.1, 0.15) is 5.75 Å². The SMILES string of the molecule is COc1ccc([N+](=O)[O-])cc1COCC1(N)CCCC1. The summed E-state index contributed by atoms with van der Waals surface area (Å²) in [6.07, 6.45) is 4.22. The van der Waals surface area contributed by atoms with Crippen LogP contribution in [0.2, 0.25) is 0 Å². The van der Waals surface area contributed by atoms with Crippen molar-refractivity contribution in [3.8, 4) is 5.75 Å². The van der Waals surface area contributed by atoms with Gasteiger partial charge in [-0.3, -0.25) is 10.1 Å². The zero-order chi connectivity index (χ0) is 14.6. The highest BCUT2D eigenvalue weighted by molar-refractivity contribution is 5.43. The molecule has 6 nitrogen and oxygen atoms in total. The van der Waals surface area contributed by atoms with Crippen LogP contribution in [0.25, 0.3) is 0 Å². The zero-order valence-corrected chi connectivity index (χ0v) is 11.6. The number of ether oxygens (including phenoxy) is 2. The van der Waals surface area contributed by atoms with Gasteiger partial charge in [-0.2, -0.15) is 0 Å². The molecule has 1 aromatic carbocycles. The quantitative estimate of drug-likeness (QED) is 0.638. The highest BCUT2D eigenvalue weighted by Crippen LogP contribution is 2.29. The summed E-state index contributed by atoms with van der Waals surface area (Å²) in [6.45, 7) is 0.739. The Morgan fingerprint density at radius 1 is 1.40 bits per heavy atom. The lowest BCUT2D eigenvalue weighted by atomic mass is 10.0. The van der Waals surface area contributed by atoms with Crippen LogP contribution in [0.3, 0.4) is 0 Å². The predicted molar refractivity (Wildman–Crippen MR) is 74.7 cm³/mol. The Morgan fingerprint density at radius 2 is 2.10 bits per heavy atom. The van der Waals surface area contributed by atoms with E-state index in [4.69, 9.17) is 15.2 Å². The van der Waals surface area contributed by atoms with E-state index in [0.717, 1.165) is 25.7 Å². The van der Waals surface area contributed by atoms with Gasteiger partial charge in [-0.05, 0) is 18.9 Å². The minimum Gasteiger partial charge on any atom is -0.496 e. The first-order chi connectivity index (χ1) is 9.54. The van der Waals surface area contributed by atoms with Gasteiger partial charge < -0.3 is 15.2 Å². The Morgan fingerprint density at radius 3 is 2.70 bits per heavy atom. The van der Waals surface area contributed by atoms with E-state index in [2.05, 4.69) is 0 Å². The number of nitrogens with two attached hydrogens (primary N) is 1. The van der Waals surface area contributed by atoms with Gasteiger partial charge in [-0.15, -0.1) is 0 Å². The molecule has 110 valence electrons. The molecule has 6 heteroatoms. The summed E-state index contributed by atoms with van der Waals surface area (Å²) in [7, 11) is 1.53. The van der Waals surface area contributed by atoms with E-state index >= 15 is 0 Å². The second-order valence-electron chi connectivity index (χ2n) is 5.32. The molecule has 0 radical (unpaired) electrons. The topological polar surface area (TPSA) is 87.6 Å². The standard InChI is InChI=1S/C14H20N2O4/c1-19-13-5-4-12(16(17)18)8-11(13)9-20-10-14(15)6-2-3-7-14/h4-5,8H,2-3,6-7,9-10,15H2,1H3. The minimum atomic E-state index is -0.426. The van der Waals surface area contributed by atoms with Crippen LogP contribution in [-0.4, -0.2) is 24.2 Å². The molecule has 0 spiro atoms. The molecular formula is C14H20N2O4. The second-order valence-corrected chi connectivity index (χ2v) is 5.32. The van der Waals surface area contributed by atoms with E-state index in [1.54, 1.807) is 6.07 Å². The normalized spacial score (nSPS) is 17.1. The fourth-order valence-corrected chi connectivity index (χ4v) is 2.58. The first-order valence-electron chi connectivity index (χ1n) is 6.72. The highest BCUT2D eigenvalue weighted by Gasteiger charge is 2.29. The van der Waals surface area contributed by atoms with E-state index in [1.807, 2.05) is 0 Å². The summed E-state index contributed by atoms with van der Waals surface area (Å²) in [6, 6.07) is 4.49. The van der Waals surface area contributed by atoms with E-state index in [0.29, 0.717) is 17.9 Å². The van der Waals surface area contributed by atoms with E-state index < -0.39 is 4.92 Å². The Kier molecular flexibility index (Phi) is 4.57. The number of methoxy groups -OCH3 is 1. The molecule has 0 bridgehead atoms. The lowest BCUT2D eigenvalue weighted by Crippen LogP contribution is -2.41. The maximum absolute atomic E-state index is 10.8. The molecule has 1 saturated carbocycles. The average molecular weight is 280 g/mol. The van der Waals surface area contributed by atoms with Crippen LogP contribution in [0.4, 0.5) is 5.69 Å². The maximum atomic E-state index is 10.8. The molecule has 0 unspecified atom stereocenters. The Bertz CT molecular complexity index is 484. The average Bonchev–Trinajstić information content (AvgIpc) is 2.85. The van der Waals surface area contributed by atoms with E-state index in [-0.39, 0.29) is 17.8 Å². The molecule has 0 atom stereocenters. The van der Waals surface area contributed by atoms with Crippen LogP contribution >= 0.6 is 0 Å². The number of nitro benzene ring substituents is 1. The van der Waals surface area contributed by atoms with Crippen LogP contribution in [-0.2, 0) is 11.3 Å². The van der Waals surface area contributed by atoms with Gasteiger partial charge >= 0.3 is 0 Å². The second kappa shape index (κ2) is 6.19. The fourth-order valence-electron chi connectivity index (χ4n) is 2.58. The molecule has 2 N–H and O–H groups in total. The summed E-state index contributed by atoms with van der Waals surface area (Å²) in [5.41, 5.74) is 6.67. The molecule has 0 aromatic heterocycles. The van der Waals surface area contributed by atoms with Crippen molar-refractivity contribution in [3.63, 3.8) is 0 Å². The summed E-state index contributed by atoms with van der Waals surface area (Å²) in [5.74, 6) is 0.591. The van der Waals surface area contributed by atoms with Crippen molar-refractivity contribution in [2.24, 2.45) is 5.73 Å². The molecule has 1 fully saturated rings. The van der Waals surface area contributed by atoms with E-state index in [9.17, 15) is 10.1 Å². The number of nitro groups is 1. The number of benzene rings is 1. The first kappa shape index (κ1) is 14.7. The highest BCUT2D eigenvalue weighted by atomic mass is 16.6. The van der Waals surface area contributed by atoms with Gasteiger partial charge in [0.2, 0.25) is 0 Å². The third-order valence-corrected chi connectivity index (χ3v) is 3.72. The first-order valence-corrected chi connectivity index (χ1v) is 6.72. The molecule has 1 aliphatic rings. The van der Waals surface area contributed by atoms with Crippen LogP contribution in [0, 0.1) is 10.1 Å². The summed E-state index contributed by atoms with van der Waals surface area (Å²) in [4.78, 5) is 10.4. The lowest BCUT2D eigenvalue weighted by molar-refractivity contribution is -0.385. The molecule has 1 aromatic rings. The van der Waals surface area contributed by atoms with Gasteiger partial charge in [0.25, 0.3) is 5.69 Å². The van der Waals surface area contributed by atoms with Crippen molar-refractivity contribution in [2.45, 2.75) is 37.8 Å². The van der Waals surface area contributed by atoms with Crippen LogP contribution in [0.1, 0.15) is 31.2 Å². The monoisotopic (exact) mass is 280 g/mol. The number of hydrogen-bond acceptors (Lipinski definition) is 5. The predicted octanol–water partition coefficient (Wildman–Crippen LogP) is 2.39. The number of nitrogens with zero attached hydrogens (tertiary/aromatic N) is 1. The Balaban J connectivity index is 2.00. The van der Waals surface area contributed by atoms with Crippen LogP contribution in [0.15, 0.2) is 18.2 Å². The van der Waals surface area contributed by atoms with Crippen molar-refractivity contribution in [1.29, 1.82) is 0 Å². The van der Waals surface area contributed by atoms with Crippen molar-refractivity contribution in [1.82, 2.24) is 0 Å². The summed E-state index contributed by atoms with van der Waals surface area (Å²) in [5, 5.41) is 10.8. The van der Waals surface area contributed by atoms with Crippen molar-refractivity contribution >= 4 is 5.69 Å². The molecule has 20 heavy (non-hydrogen) atoms. The van der Waals surface area contributed by atoms with Crippen LogP contribution < -0.4 is 10.5 Å². The number of rotatable bonds is 6. The van der Waals surface area contributed by atoms with Gasteiger partial charge in [0, 0.05) is 23.2 Å². The molecule has 1 aliphatic carbocycles. The van der Waals surface area contributed by atoms with Crippen molar-refractivity contribution < 1.29 is 14.4 Å². The molecule has 0 saturated heterocycles. The van der Waals surface area contributed by atoms with Gasteiger partial charge in [0.05, 0.1) is 25.2 Å². The van der Waals surface area contributed by atoms with Crippen molar-refractivity contribution in [3.05, 3.63) is 33.9 Å². The Labute approximate surface area is 118 Å². The van der Waals surface area contributed by atoms with Crippen molar-refractivity contribution in [2.75, 3.05) is 13.7 Å². The Hall–Kier alpha value is -1.66. The number of non-ortho nitro benzene ring substituents is 1. The fraction of sp³-hybridized carbons (Fsp3) is 0.571. The van der Waals surface area contributed by atoms with Gasteiger partial charge in [0.15, 0.2) is 0 Å². The largest absolute Gasteiger partial charge is 0.496 e. The smallest absolute Gasteiger partial charge is 0.270 e. The van der Waals surface area contributed by atoms with E-state index in [1.165, 1.54) is 19.2 Å². The van der Waals surface area contributed by atoms with Gasteiger partial charge in [-0.25, -0.2) is 0 Å². The number of hydrogen-bond donors (Lipinski definition) is 1. The lowest BCUT2D eigenvalue weighted by Gasteiger charge is -2.23. The molecule has 0 amide bonds. The summed E-state index contributed by atoms with van der Waals surface area (Å²) >= 11 is 0. The zero-order valence-electron chi connectivity index (χ0n) is 11.6. The minimum absolute atomic E-state index is 0.0349. The van der Waals surface area contributed by atoms with Crippen LogP contribution in [0.5, 0.6) is 5.75 Å². The van der Waals surface area contributed by atoms with Gasteiger partial charge in [-0.1, -0.05) is 12.8 Å². The molecule has 0 heterocycles. The summed E-state index contributed by atoms with van der Waals surface area (Å²) < 4.78 is 10.9. The molecule has 2 rings (SSSR count).